The highest BCUT2D eigenvalue weighted by molar-refractivity contribution is 5.96. The summed E-state index contributed by atoms with van der Waals surface area (Å²) in [6.07, 6.45) is 3.72. The van der Waals surface area contributed by atoms with Crippen LogP contribution < -0.4 is 5.32 Å². The van der Waals surface area contributed by atoms with Crippen molar-refractivity contribution in [3.63, 3.8) is 0 Å². The van der Waals surface area contributed by atoms with Crippen LogP contribution in [0.5, 0.6) is 0 Å². The summed E-state index contributed by atoms with van der Waals surface area (Å²) in [5.41, 5.74) is 2.56. The van der Waals surface area contributed by atoms with Crippen molar-refractivity contribution >= 4 is 28.3 Å². The number of para-hydroxylation sites is 2. The molecule has 1 aromatic heterocycles. The number of hydrogen-bond acceptors (Lipinski definition) is 5. The molecule has 2 N–H and O–H groups in total. The molecule has 3 aromatic rings. The molecule has 0 bridgehead atoms. The molecule has 2 heterocycles. The summed E-state index contributed by atoms with van der Waals surface area (Å²) in [5.74, 6) is 0.563. The van der Waals surface area contributed by atoms with E-state index in [-0.39, 0.29) is 17.6 Å². The van der Waals surface area contributed by atoms with Crippen LogP contribution >= 0.6 is 0 Å². The first kappa shape index (κ1) is 17.7. The number of fused-ring (bicyclic) bond motifs is 1. The van der Waals surface area contributed by atoms with Gasteiger partial charge < -0.3 is 15.2 Å². The fourth-order valence-electron chi connectivity index (χ4n) is 3.98. The van der Waals surface area contributed by atoms with E-state index in [9.17, 15) is 14.9 Å². The molecule has 1 aliphatic heterocycles. The summed E-state index contributed by atoms with van der Waals surface area (Å²) < 4.78 is 0. The van der Waals surface area contributed by atoms with Gasteiger partial charge in [-0.3, -0.25) is 14.9 Å². The average Bonchev–Trinajstić information content (AvgIpc) is 3.24. The number of nitro benzene ring substituents is 1. The average molecular weight is 391 g/mol. The zero-order valence-corrected chi connectivity index (χ0v) is 15.8. The number of amides is 1. The number of likely N-dealkylation sites (tertiary alicyclic amines) is 1. The van der Waals surface area contributed by atoms with Gasteiger partial charge in [0.2, 0.25) is 0 Å². The molecule has 1 atom stereocenters. The first-order valence-corrected chi connectivity index (χ1v) is 9.91. The van der Waals surface area contributed by atoms with Crippen LogP contribution in [0.4, 0.5) is 11.4 Å². The number of carbonyl (C=O) groups excluding carboxylic acids is 1. The second-order valence-corrected chi connectivity index (χ2v) is 7.70. The molecule has 2 aliphatic rings. The SMILES string of the molecule is O=C(c1ccc(NC2CC2)c([N+](=O)[O-])c1)N1CCC[C@@H]1c1nc2ccccc2[nH]1. The molecule has 8 heteroatoms. The van der Waals surface area contributed by atoms with Crippen LogP contribution in [-0.4, -0.2) is 38.3 Å². The van der Waals surface area contributed by atoms with Crippen molar-refractivity contribution in [1.29, 1.82) is 0 Å². The highest BCUT2D eigenvalue weighted by Gasteiger charge is 2.34. The van der Waals surface area contributed by atoms with Gasteiger partial charge in [-0.15, -0.1) is 0 Å². The second kappa shape index (κ2) is 6.88. The van der Waals surface area contributed by atoms with Gasteiger partial charge >= 0.3 is 0 Å². The number of imidazole rings is 1. The maximum Gasteiger partial charge on any atom is 0.293 e. The molecular weight excluding hydrogens is 370 g/mol. The molecule has 2 fully saturated rings. The Bertz CT molecular complexity index is 1070. The fourth-order valence-corrected chi connectivity index (χ4v) is 3.98. The molecule has 0 radical (unpaired) electrons. The van der Waals surface area contributed by atoms with Gasteiger partial charge in [0.1, 0.15) is 11.5 Å². The van der Waals surface area contributed by atoms with Gasteiger partial charge in [0.25, 0.3) is 11.6 Å². The Hall–Kier alpha value is -3.42. The lowest BCUT2D eigenvalue weighted by atomic mass is 10.1. The van der Waals surface area contributed by atoms with Crippen LogP contribution in [0, 0.1) is 10.1 Å². The van der Waals surface area contributed by atoms with E-state index in [2.05, 4.69) is 15.3 Å². The molecule has 1 aliphatic carbocycles. The van der Waals surface area contributed by atoms with Gasteiger partial charge in [-0.2, -0.15) is 0 Å². The molecule has 8 nitrogen and oxygen atoms in total. The standard InChI is InChI=1S/C21H21N5O3/c27-21(13-7-10-17(22-14-8-9-14)19(12-13)26(28)29)25-11-3-6-18(25)20-23-15-4-1-2-5-16(15)24-20/h1-2,4-5,7,10,12,14,18,22H,3,6,8-9,11H2,(H,23,24)/t18-/m1/s1. The number of anilines is 1. The summed E-state index contributed by atoms with van der Waals surface area (Å²) in [6.45, 7) is 0.608. The van der Waals surface area contributed by atoms with E-state index in [1.807, 2.05) is 24.3 Å². The van der Waals surface area contributed by atoms with Crippen molar-refractivity contribution in [2.45, 2.75) is 37.8 Å². The molecule has 0 unspecified atom stereocenters. The zero-order chi connectivity index (χ0) is 20.0. The van der Waals surface area contributed by atoms with Crippen molar-refractivity contribution in [3.05, 3.63) is 64.0 Å². The van der Waals surface area contributed by atoms with Crippen LogP contribution in [-0.2, 0) is 0 Å². The summed E-state index contributed by atoms with van der Waals surface area (Å²) in [4.78, 5) is 34.0. The van der Waals surface area contributed by atoms with Crippen molar-refractivity contribution in [2.24, 2.45) is 0 Å². The third kappa shape index (κ3) is 3.30. The number of nitro groups is 1. The van der Waals surface area contributed by atoms with Crippen molar-refractivity contribution in [2.75, 3.05) is 11.9 Å². The van der Waals surface area contributed by atoms with Crippen molar-refractivity contribution in [1.82, 2.24) is 14.9 Å². The van der Waals surface area contributed by atoms with Crippen LogP contribution in [0.1, 0.15) is 47.9 Å². The lowest BCUT2D eigenvalue weighted by Gasteiger charge is -2.23. The number of aromatic nitrogens is 2. The van der Waals surface area contributed by atoms with E-state index in [4.69, 9.17) is 0 Å². The topological polar surface area (TPSA) is 104 Å². The van der Waals surface area contributed by atoms with Crippen molar-refractivity contribution < 1.29 is 9.72 Å². The summed E-state index contributed by atoms with van der Waals surface area (Å²) in [6, 6.07) is 12.6. The summed E-state index contributed by atoms with van der Waals surface area (Å²) in [7, 11) is 0. The maximum atomic E-state index is 13.2. The number of carbonyl (C=O) groups is 1. The highest BCUT2D eigenvalue weighted by atomic mass is 16.6. The Kier molecular flexibility index (Phi) is 4.19. The molecule has 5 rings (SSSR count). The van der Waals surface area contributed by atoms with Gasteiger partial charge in [0.05, 0.1) is 22.0 Å². The number of nitrogens with one attached hydrogen (secondary N) is 2. The molecule has 0 spiro atoms. The van der Waals surface area contributed by atoms with Gasteiger partial charge in [-0.1, -0.05) is 12.1 Å². The van der Waals surface area contributed by atoms with E-state index in [1.165, 1.54) is 6.07 Å². The highest BCUT2D eigenvalue weighted by Crippen LogP contribution is 2.35. The molecular formula is C21H21N5O3. The predicted molar refractivity (Wildman–Crippen MR) is 109 cm³/mol. The molecule has 2 aromatic carbocycles. The number of benzene rings is 2. The van der Waals surface area contributed by atoms with Crippen LogP contribution in [0.2, 0.25) is 0 Å². The van der Waals surface area contributed by atoms with Gasteiger partial charge in [0, 0.05) is 24.2 Å². The summed E-state index contributed by atoms with van der Waals surface area (Å²) in [5, 5.41) is 14.7. The second-order valence-electron chi connectivity index (χ2n) is 7.70. The summed E-state index contributed by atoms with van der Waals surface area (Å²) >= 11 is 0. The minimum Gasteiger partial charge on any atom is -0.377 e. The smallest absolute Gasteiger partial charge is 0.293 e. The lowest BCUT2D eigenvalue weighted by Crippen LogP contribution is -2.31. The Morgan fingerprint density at radius 3 is 2.79 bits per heavy atom. The number of aromatic amines is 1. The van der Waals surface area contributed by atoms with Crippen LogP contribution in [0.3, 0.4) is 0 Å². The number of hydrogen-bond donors (Lipinski definition) is 2. The predicted octanol–water partition coefficient (Wildman–Crippen LogP) is 4.02. The number of rotatable bonds is 5. The van der Waals surface area contributed by atoms with Gasteiger partial charge in [-0.25, -0.2) is 4.98 Å². The van der Waals surface area contributed by atoms with Crippen LogP contribution in [0.25, 0.3) is 11.0 Å². The molecule has 148 valence electrons. The molecule has 1 saturated carbocycles. The number of H-pyrrole nitrogens is 1. The third-order valence-electron chi connectivity index (χ3n) is 5.62. The monoisotopic (exact) mass is 391 g/mol. The van der Waals surface area contributed by atoms with Crippen molar-refractivity contribution in [3.8, 4) is 0 Å². The molecule has 29 heavy (non-hydrogen) atoms. The Morgan fingerprint density at radius 1 is 1.21 bits per heavy atom. The quantitative estimate of drug-likeness (QED) is 0.505. The lowest BCUT2D eigenvalue weighted by molar-refractivity contribution is -0.384. The van der Waals surface area contributed by atoms with E-state index >= 15 is 0 Å². The Morgan fingerprint density at radius 2 is 2.03 bits per heavy atom. The zero-order valence-electron chi connectivity index (χ0n) is 15.8. The van der Waals surface area contributed by atoms with Gasteiger partial charge in [-0.05, 0) is 49.9 Å². The minimum atomic E-state index is -0.428. The van der Waals surface area contributed by atoms with E-state index < -0.39 is 4.92 Å². The largest absolute Gasteiger partial charge is 0.377 e. The van der Waals surface area contributed by atoms with Crippen LogP contribution in [0.15, 0.2) is 42.5 Å². The maximum absolute atomic E-state index is 13.2. The van der Waals surface area contributed by atoms with E-state index in [0.29, 0.717) is 23.8 Å². The van der Waals surface area contributed by atoms with Gasteiger partial charge in [0.15, 0.2) is 0 Å². The first-order chi connectivity index (χ1) is 14.1. The Balaban J connectivity index is 1.44. The Labute approximate surface area is 167 Å². The number of nitrogens with zero attached hydrogens (tertiary/aromatic N) is 3. The third-order valence-corrected chi connectivity index (χ3v) is 5.62. The molecule has 1 amide bonds. The normalized spacial score (nSPS) is 18.9. The van der Waals surface area contributed by atoms with E-state index in [1.54, 1.807) is 17.0 Å². The molecule has 1 saturated heterocycles. The fraction of sp³-hybridized carbons (Fsp3) is 0.333. The first-order valence-electron chi connectivity index (χ1n) is 9.91. The van der Waals surface area contributed by atoms with E-state index in [0.717, 1.165) is 42.5 Å². The minimum absolute atomic E-state index is 0.0535.